The summed E-state index contributed by atoms with van der Waals surface area (Å²) in [5.74, 6) is 0.472. The third kappa shape index (κ3) is 4.65. The first-order valence-corrected chi connectivity index (χ1v) is 11.7. The number of likely N-dealkylation sites (N-methyl/N-ethyl adjacent to an activating group) is 1. The third-order valence-corrected chi connectivity index (χ3v) is 6.55. The van der Waals surface area contributed by atoms with E-state index in [4.69, 9.17) is 4.98 Å². The van der Waals surface area contributed by atoms with Gasteiger partial charge in [0.25, 0.3) is 5.56 Å². The highest BCUT2D eigenvalue weighted by molar-refractivity contribution is 5.76. The Morgan fingerprint density at radius 2 is 1.71 bits per heavy atom. The van der Waals surface area contributed by atoms with Crippen LogP contribution in [0.25, 0.3) is 11.0 Å². The van der Waals surface area contributed by atoms with Gasteiger partial charge in [-0.2, -0.15) is 4.98 Å². The summed E-state index contributed by atoms with van der Waals surface area (Å²) in [5, 5.41) is 4.13. The Morgan fingerprint density at radius 3 is 2.47 bits per heavy atom. The fourth-order valence-corrected chi connectivity index (χ4v) is 4.37. The second kappa shape index (κ2) is 9.27. The van der Waals surface area contributed by atoms with Crippen LogP contribution in [0, 0.1) is 13.8 Å². The molecule has 3 heterocycles. The Balaban J connectivity index is 1.41. The van der Waals surface area contributed by atoms with Crippen LogP contribution in [-0.4, -0.2) is 52.7 Å². The van der Waals surface area contributed by atoms with Crippen molar-refractivity contribution in [1.82, 2.24) is 19.4 Å². The molecule has 0 amide bonds. The Hall–Kier alpha value is -3.71. The van der Waals surface area contributed by atoms with Crippen LogP contribution in [0.15, 0.2) is 65.6 Å². The summed E-state index contributed by atoms with van der Waals surface area (Å²) in [6.45, 7) is 8.83. The number of rotatable bonds is 5. The topological polar surface area (TPSA) is 66.3 Å². The number of anilines is 3. The largest absolute Gasteiger partial charge is 0.369 e. The molecule has 1 saturated heterocycles. The van der Waals surface area contributed by atoms with Crippen LogP contribution in [0.4, 0.5) is 17.3 Å². The van der Waals surface area contributed by atoms with Gasteiger partial charge < -0.3 is 15.1 Å². The summed E-state index contributed by atoms with van der Waals surface area (Å²) < 4.78 is 1.72. The fourth-order valence-electron chi connectivity index (χ4n) is 4.37. The molecule has 0 unspecified atom stereocenters. The van der Waals surface area contributed by atoms with E-state index in [0.29, 0.717) is 18.1 Å². The van der Waals surface area contributed by atoms with E-state index in [1.165, 1.54) is 11.3 Å². The van der Waals surface area contributed by atoms with E-state index in [2.05, 4.69) is 83.5 Å². The van der Waals surface area contributed by atoms with E-state index < -0.39 is 0 Å². The molecule has 1 aliphatic heterocycles. The molecule has 174 valence electrons. The van der Waals surface area contributed by atoms with Crippen LogP contribution in [0.5, 0.6) is 0 Å². The van der Waals surface area contributed by atoms with Crippen LogP contribution in [0.2, 0.25) is 0 Å². The number of fused-ring (bicyclic) bond motifs is 1. The number of hydrogen-bond donors (Lipinski definition) is 1. The van der Waals surface area contributed by atoms with E-state index in [1.807, 2.05) is 0 Å². The summed E-state index contributed by atoms with van der Waals surface area (Å²) in [5.41, 5.74) is 6.13. The molecule has 1 aliphatic rings. The SMILES string of the molecule is Cc1ccc(C)c(Cn2c(=O)ccc3cnc(Nc4ccc(N5CCN(C)CC5)cc4)nc32)c1. The molecule has 1 fully saturated rings. The van der Waals surface area contributed by atoms with Crippen LogP contribution in [-0.2, 0) is 6.54 Å². The van der Waals surface area contributed by atoms with Gasteiger partial charge in [0.05, 0.1) is 6.54 Å². The van der Waals surface area contributed by atoms with Gasteiger partial charge in [-0.1, -0.05) is 23.8 Å². The second-order valence-corrected chi connectivity index (χ2v) is 9.12. The maximum absolute atomic E-state index is 12.8. The number of nitrogens with zero attached hydrogens (tertiary/aromatic N) is 5. The molecule has 0 bridgehead atoms. The summed E-state index contributed by atoms with van der Waals surface area (Å²) in [7, 11) is 2.16. The Bertz CT molecular complexity index is 1370. The lowest BCUT2D eigenvalue weighted by molar-refractivity contribution is 0.313. The van der Waals surface area contributed by atoms with Crippen molar-refractivity contribution in [2.24, 2.45) is 0 Å². The Morgan fingerprint density at radius 1 is 0.941 bits per heavy atom. The molecule has 0 saturated carbocycles. The monoisotopic (exact) mass is 454 g/mol. The summed E-state index contributed by atoms with van der Waals surface area (Å²) in [6, 6.07) is 18.0. The van der Waals surface area contributed by atoms with Crippen molar-refractivity contribution in [1.29, 1.82) is 0 Å². The molecule has 7 nitrogen and oxygen atoms in total. The molecule has 0 radical (unpaired) electrons. The maximum atomic E-state index is 12.8. The molecule has 4 aromatic rings. The van der Waals surface area contributed by atoms with Gasteiger partial charge in [-0.3, -0.25) is 9.36 Å². The van der Waals surface area contributed by atoms with Crippen molar-refractivity contribution in [3.63, 3.8) is 0 Å². The van der Waals surface area contributed by atoms with Crippen molar-refractivity contribution in [3.05, 3.63) is 87.8 Å². The van der Waals surface area contributed by atoms with E-state index in [0.717, 1.165) is 48.4 Å². The van der Waals surface area contributed by atoms with Gasteiger partial charge in [0.2, 0.25) is 5.95 Å². The zero-order valence-corrected chi connectivity index (χ0v) is 20.0. The minimum Gasteiger partial charge on any atom is -0.369 e. The van der Waals surface area contributed by atoms with Gasteiger partial charge in [-0.25, -0.2) is 4.98 Å². The van der Waals surface area contributed by atoms with E-state index in [1.54, 1.807) is 22.9 Å². The molecular weight excluding hydrogens is 424 g/mol. The summed E-state index contributed by atoms with van der Waals surface area (Å²) >= 11 is 0. The molecule has 7 heteroatoms. The average Bonchev–Trinajstić information content (AvgIpc) is 2.84. The van der Waals surface area contributed by atoms with Crippen LogP contribution in [0.3, 0.4) is 0 Å². The van der Waals surface area contributed by atoms with Gasteiger partial charge in [0, 0.05) is 55.2 Å². The van der Waals surface area contributed by atoms with Crippen molar-refractivity contribution >= 4 is 28.4 Å². The molecule has 0 spiro atoms. The number of pyridine rings is 1. The molecule has 1 N–H and O–H groups in total. The average molecular weight is 455 g/mol. The predicted octanol–water partition coefficient (Wildman–Crippen LogP) is 3.95. The zero-order valence-electron chi connectivity index (χ0n) is 20.0. The lowest BCUT2D eigenvalue weighted by Crippen LogP contribution is -2.44. The highest BCUT2D eigenvalue weighted by atomic mass is 16.1. The highest BCUT2D eigenvalue weighted by Crippen LogP contribution is 2.22. The van der Waals surface area contributed by atoms with Crippen LogP contribution < -0.4 is 15.8 Å². The normalized spacial score (nSPS) is 14.5. The predicted molar refractivity (Wildman–Crippen MR) is 138 cm³/mol. The quantitative estimate of drug-likeness (QED) is 0.493. The molecule has 5 rings (SSSR count). The van der Waals surface area contributed by atoms with Gasteiger partial charge >= 0.3 is 0 Å². The molecule has 0 aliphatic carbocycles. The number of benzene rings is 2. The number of aryl methyl sites for hydroxylation is 2. The maximum Gasteiger partial charge on any atom is 0.252 e. The van der Waals surface area contributed by atoms with Crippen molar-refractivity contribution < 1.29 is 0 Å². The van der Waals surface area contributed by atoms with Gasteiger partial charge in [-0.15, -0.1) is 0 Å². The molecule has 2 aromatic heterocycles. The fraction of sp³-hybridized carbons (Fsp3) is 0.296. The van der Waals surface area contributed by atoms with E-state index in [-0.39, 0.29) is 5.56 Å². The van der Waals surface area contributed by atoms with E-state index in [9.17, 15) is 4.79 Å². The van der Waals surface area contributed by atoms with Gasteiger partial charge in [-0.05, 0) is 62.4 Å². The first-order valence-electron chi connectivity index (χ1n) is 11.7. The molecule has 2 aromatic carbocycles. The lowest BCUT2D eigenvalue weighted by Gasteiger charge is -2.34. The van der Waals surface area contributed by atoms with Crippen molar-refractivity contribution in [2.75, 3.05) is 43.4 Å². The third-order valence-electron chi connectivity index (χ3n) is 6.55. The molecule has 34 heavy (non-hydrogen) atoms. The first-order chi connectivity index (χ1) is 16.5. The Labute approximate surface area is 199 Å². The minimum absolute atomic E-state index is 0.0745. The van der Waals surface area contributed by atoms with Crippen molar-refractivity contribution in [2.45, 2.75) is 20.4 Å². The number of hydrogen-bond acceptors (Lipinski definition) is 6. The smallest absolute Gasteiger partial charge is 0.252 e. The first kappa shape index (κ1) is 22.1. The number of aromatic nitrogens is 3. The van der Waals surface area contributed by atoms with Crippen LogP contribution >= 0.6 is 0 Å². The van der Waals surface area contributed by atoms with Crippen molar-refractivity contribution in [3.8, 4) is 0 Å². The molecule has 0 atom stereocenters. The second-order valence-electron chi connectivity index (χ2n) is 9.12. The number of piperazine rings is 1. The number of nitrogens with one attached hydrogen (secondary N) is 1. The summed E-state index contributed by atoms with van der Waals surface area (Å²) in [4.78, 5) is 26.7. The summed E-state index contributed by atoms with van der Waals surface area (Å²) in [6.07, 6.45) is 1.77. The Kier molecular flexibility index (Phi) is 6.02. The molecular formula is C27H30N6O. The lowest BCUT2D eigenvalue weighted by atomic mass is 10.1. The standard InChI is InChI=1S/C27H30N6O/c1-19-4-5-20(2)22(16-19)18-33-25(34)11-6-21-17-28-27(30-26(21)33)29-23-7-9-24(10-8-23)32-14-12-31(3)13-15-32/h4-11,16-17H,12-15,18H2,1-3H3,(H,28,29,30). The van der Waals surface area contributed by atoms with Gasteiger partial charge in [0.15, 0.2) is 0 Å². The zero-order chi connectivity index (χ0) is 23.7. The van der Waals surface area contributed by atoms with E-state index >= 15 is 0 Å². The highest BCUT2D eigenvalue weighted by Gasteiger charge is 2.14. The van der Waals surface area contributed by atoms with Gasteiger partial charge in [0.1, 0.15) is 5.65 Å². The minimum atomic E-state index is -0.0745. The van der Waals surface area contributed by atoms with Crippen LogP contribution in [0.1, 0.15) is 16.7 Å².